The average molecular weight is 353 g/mol. The minimum absolute atomic E-state index is 0.0188. The van der Waals surface area contributed by atoms with Gasteiger partial charge in [-0.2, -0.15) is 0 Å². The Balaban J connectivity index is 2.23. The van der Waals surface area contributed by atoms with Gasteiger partial charge < -0.3 is 14.4 Å². The lowest BCUT2D eigenvalue weighted by molar-refractivity contribution is -0.152. The summed E-state index contributed by atoms with van der Waals surface area (Å²) in [6, 6.07) is 0.0188. The summed E-state index contributed by atoms with van der Waals surface area (Å²) < 4.78 is 9.67. The quantitative estimate of drug-likeness (QED) is 0.519. The highest BCUT2D eigenvalue weighted by molar-refractivity contribution is 5.94. The molecule has 0 heterocycles. The molecule has 0 spiro atoms. The Hall–Kier alpha value is -1.59. The molecule has 0 aromatic rings. The second kappa shape index (κ2) is 7.34. The van der Waals surface area contributed by atoms with Gasteiger partial charge in [-0.25, -0.2) is 0 Å². The first-order valence-electron chi connectivity index (χ1n) is 9.17. The number of hydrogen-bond acceptors (Lipinski definition) is 5. The van der Waals surface area contributed by atoms with Gasteiger partial charge in [0, 0.05) is 12.6 Å². The van der Waals surface area contributed by atoms with Crippen molar-refractivity contribution in [3.05, 3.63) is 0 Å². The van der Waals surface area contributed by atoms with Crippen LogP contribution in [0.4, 0.5) is 0 Å². The van der Waals surface area contributed by atoms with Crippen LogP contribution in [-0.4, -0.2) is 49.0 Å². The number of nitrogens with zero attached hydrogens (tertiary/aromatic N) is 1. The van der Waals surface area contributed by atoms with Crippen LogP contribution in [0.3, 0.4) is 0 Å². The van der Waals surface area contributed by atoms with Crippen LogP contribution in [0.2, 0.25) is 0 Å². The fourth-order valence-corrected chi connectivity index (χ4v) is 5.20. The molecule has 0 aromatic carbocycles. The molecule has 0 N–H and O–H groups in total. The smallest absolute Gasteiger partial charge is 0.315 e. The van der Waals surface area contributed by atoms with Crippen LogP contribution in [0.25, 0.3) is 0 Å². The Bertz CT molecular complexity index is 539. The van der Waals surface area contributed by atoms with Gasteiger partial charge in [0.15, 0.2) is 0 Å². The normalized spacial score (nSPS) is 29.3. The summed E-state index contributed by atoms with van der Waals surface area (Å²) in [6.07, 6.45) is 3.21. The molecule has 6 nitrogen and oxygen atoms in total. The number of hydrogen-bond donors (Lipinski definition) is 0. The molecular formula is C19H31NO5. The summed E-state index contributed by atoms with van der Waals surface area (Å²) in [5.74, 6) is -0.547. The zero-order chi connectivity index (χ0) is 18.8. The van der Waals surface area contributed by atoms with Gasteiger partial charge in [0.2, 0.25) is 5.91 Å². The van der Waals surface area contributed by atoms with Crippen molar-refractivity contribution in [1.29, 1.82) is 0 Å². The molecule has 3 unspecified atom stereocenters. The molecule has 0 aromatic heterocycles. The van der Waals surface area contributed by atoms with Gasteiger partial charge >= 0.3 is 11.9 Å². The highest BCUT2D eigenvalue weighted by Gasteiger charge is 2.61. The van der Waals surface area contributed by atoms with E-state index < -0.39 is 5.97 Å². The fraction of sp³-hybridized carbons (Fsp3) is 0.842. The van der Waals surface area contributed by atoms with Crippen LogP contribution in [-0.2, 0) is 23.9 Å². The van der Waals surface area contributed by atoms with Crippen molar-refractivity contribution in [3.8, 4) is 0 Å². The van der Waals surface area contributed by atoms with Crippen LogP contribution in [0.15, 0.2) is 0 Å². The average Bonchev–Trinajstić information content (AvgIpc) is 3.01. The molecule has 0 saturated heterocycles. The molecule has 3 atom stereocenters. The second-order valence-corrected chi connectivity index (χ2v) is 8.21. The summed E-state index contributed by atoms with van der Waals surface area (Å²) in [6.45, 7) is 8.89. The van der Waals surface area contributed by atoms with Gasteiger partial charge in [0.25, 0.3) is 0 Å². The molecule has 142 valence electrons. The van der Waals surface area contributed by atoms with Gasteiger partial charge in [-0.1, -0.05) is 20.8 Å². The van der Waals surface area contributed by atoms with E-state index in [1.165, 1.54) is 13.5 Å². The third-order valence-electron chi connectivity index (χ3n) is 6.21. The maximum Gasteiger partial charge on any atom is 0.315 e. The van der Waals surface area contributed by atoms with Crippen LogP contribution in [0, 0.1) is 16.7 Å². The molecule has 1 amide bonds. The summed E-state index contributed by atoms with van der Waals surface area (Å²) >= 11 is 0. The SMILES string of the molecule is CCOC(=O)CC(=O)N(CCC(=O)OC)C1C2(C)CCC(C2)C1(C)C. The third-order valence-corrected chi connectivity index (χ3v) is 6.21. The maximum atomic E-state index is 12.9. The van der Waals surface area contributed by atoms with E-state index in [9.17, 15) is 14.4 Å². The predicted octanol–water partition coefficient (Wildman–Crippen LogP) is 2.55. The van der Waals surface area contributed by atoms with Gasteiger partial charge in [-0.15, -0.1) is 0 Å². The van der Waals surface area contributed by atoms with Crippen molar-refractivity contribution in [2.75, 3.05) is 20.3 Å². The largest absolute Gasteiger partial charge is 0.469 e. The zero-order valence-electron chi connectivity index (χ0n) is 16.1. The van der Waals surface area contributed by atoms with Gasteiger partial charge in [0.1, 0.15) is 6.42 Å². The molecule has 6 heteroatoms. The first kappa shape index (κ1) is 19.7. The lowest BCUT2D eigenvalue weighted by Crippen LogP contribution is -2.55. The Morgan fingerprint density at radius 3 is 2.36 bits per heavy atom. The van der Waals surface area contributed by atoms with Gasteiger partial charge in [-0.05, 0) is 42.9 Å². The summed E-state index contributed by atoms with van der Waals surface area (Å²) in [5.41, 5.74) is 0.00203. The Kier molecular flexibility index (Phi) is 5.79. The van der Waals surface area contributed by atoms with Crippen molar-refractivity contribution in [2.24, 2.45) is 16.7 Å². The van der Waals surface area contributed by atoms with Gasteiger partial charge in [-0.3, -0.25) is 14.4 Å². The van der Waals surface area contributed by atoms with E-state index in [1.807, 2.05) is 0 Å². The number of carbonyl (C=O) groups is 3. The number of ether oxygens (including phenoxy) is 2. The molecule has 0 radical (unpaired) electrons. The highest BCUT2D eigenvalue weighted by atomic mass is 16.5. The molecule has 2 saturated carbocycles. The zero-order valence-corrected chi connectivity index (χ0v) is 16.1. The standard InChI is InChI=1S/C19H31NO5/c1-6-25-16(23)11-14(21)20(10-8-15(22)24-5)17-18(2,3)13-7-9-19(17,4)12-13/h13,17H,6-12H2,1-5H3. The Morgan fingerprint density at radius 2 is 1.84 bits per heavy atom. The van der Waals surface area contributed by atoms with Crippen molar-refractivity contribution < 1.29 is 23.9 Å². The molecule has 2 rings (SSSR count). The van der Waals surface area contributed by atoms with E-state index in [-0.39, 0.29) is 54.7 Å². The third kappa shape index (κ3) is 3.82. The van der Waals surface area contributed by atoms with E-state index in [0.29, 0.717) is 5.92 Å². The molecule has 2 aliphatic carbocycles. The Labute approximate surface area is 150 Å². The van der Waals surface area contributed by atoms with E-state index in [2.05, 4.69) is 20.8 Å². The lowest BCUT2D eigenvalue weighted by Gasteiger charge is -2.49. The van der Waals surface area contributed by atoms with Crippen LogP contribution in [0.1, 0.15) is 59.8 Å². The minimum atomic E-state index is -0.512. The summed E-state index contributed by atoms with van der Waals surface area (Å²) in [4.78, 5) is 38.1. The fourth-order valence-electron chi connectivity index (χ4n) is 5.20. The second-order valence-electron chi connectivity index (χ2n) is 8.21. The van der Waals surface area contributed by atoms with E-state index >= 15 is 0 Å². The molecule has 0 aliphatic heterocycles. The predicted molar refractivity (Wildman–Crippen MR) is 92.6 cm³/mol. The van der Waals surface area contributed by atoms with Crippen molar-refractivity contribution in [1.82, 2.24) is 4.90 Å². The minimum Gasteiger partial charge on any atom is -0.469 e. The van der Waals surface area contributed by atoms with Crippen molar-refractivity contribution >= 4 is 17.8 Å². The molecule has 2 aliphatic rings. The first-order chi connectivity index (χ1) is 11.7. The number of fused-ring (bicyclic) bond motifs is 2. The number of methoxy groups -OCH3 is 1. The Morgan fingerprint density at radius 1 is 1.16 bits per heavy atom. The molecular weight excluding hydrogens is 322 g/mol. The van der Waals surface area contributed by atoms with Crippen LogP contribution >= 0.6 is 0 Å². The molecule has 25 heavy (non-hydrogen) atoms. The number of rotatable bonds is 7. The number of esters is 2. The monoisotopic (exact) mass is 353 g/mol. The molecule has 2 fully saturated rings. The van der Waals surface area contributed by atoms with Crippen LogP contribution < -0.4 is 0 Å². The summed E-state index contributed by atoms with van der Waals surface area (Å²) in [5, 5.41) is 0. The van der Waals surface area contributed by atoms with Gasteiger partial charge in [0.05, 0.1) is 20.1 Å². The number of amides is 1. The topological polar surface area (TPSA) is 72.9 Å². The highest BCUT2D eigenvalue weighted by Crippen LogP contribution is 2.64. The molecule has 2 bridgehead atoms. The van der Waals surface area contributed by atoms with E-state index in [4.69, 9.17) is 9.47 Å². The van der Waals surface area contributed by atoms with E-state index in [1.54, 1.807) is 11.8 Å². The first-order valence-corrected chi connectivity index (χ1v) is 9.17. The van der Waals surface area contributed by atoms with Crippen molar-refractivity contribution in [3.63, 3.8) is 0 Å². The van der Waals surface area contributed by atoms with Crippen LogP contribution in [0.5, 0.6) is 0 Å². The maximum absolute atomic E-state index is 12.9. The van der Waals surface area contributed by atoms with Crippen molar-refractivity contribution in [2.45, 2.75) is 65.8 Å². The lowest BCUT2D eigenvalue weighted by atomic mass is 9.67. The van der Waals surface area contributed by atoms with E-state index in [0.717, 1.165) is 12.8 Å². The summed E-state index contributed by atoms with van der Waals surface area (Å²) in [7, 11) is 1.34. The number of carbonyl (C=O) groups excluding carboxylic acids is 3.